The third-order valence-corrected chi connectivity index (χ3v) is 3.18. The van der Waals surface area contributed by atoms with Gasteiger partial charge in [-0.1, -0.05) is 20.8 Å². The number of carbonyl (C=O) groups excluding carboxylic acids is 1. The van der Waals surface area contributed by atoms with Crippen molar-refractivity contribution < 1.29 is 14.7 Å². The van der Waals surface area contributed by atoms with E-state index in [9.17, 15) is 9.59 Å². The van der Waals surface area contributed by atoms with Gasteiger partial charge in [0.1, 0.15) is 0 Å². The Labute approximate surface area is 110 Å². The van der Waals surface area contributed by atoms with Gasteiger partial charge in [-0.2, -0.15) is 0 Å². The summed E-state index contributed by atoms with van der Waals surface area (Å²) in [7, 11) is 1.72. The van der Waals surface area contributed by atoms with Gasteiger partial charge in [0.05, 0.1) is 5.92 Å². The molecule has 0 rings (SSSR count). The molecule has 0 aromatic heterocycles. The number of aliphatic carboxylic acids is 1. The smallest absolute Gasteiger partial charge is 0.317 e. The highest BCUT2D eigenvalue weighted by Gasteiger charge is 2.21. The highest BCUT2D eigenvalue weighted by atomic mass is 16.4. The van der Waals surface area contributed by atoms with Crippen LogP contribution < -0.4 is 5.32 Å². The fourth-order valence-corrected chi connectivity index (χ4v) is 1.65. The number of carboxylic acids is 1. The topological polar surface area (TPSA) is 69.6 Å². The van der Waals surface area contributed by atoms with Gasteiger partial charge >= 0.3 is 12.0 Å². The normalized spacial score (nSPS) is 14.1. The molecule has 0 aromatic carbocycles. The monoisotopic (exact) mass is 258 g/mol. The van der Waals surface area contributed by atoms with Crippen LogP contribution in [0.15, 0.2) is 0 Å². The van der Waals surface area contributed by atoms with Crippen molar-refractivity contribution in [2.45, 2.75) is 46.6 Å². The van der Waals surface area contributed by atoms with E-state index < -0.39 is 11.9 Å². The summed E-state index contributed by atoms with van der Waals surface area (Å²) in [4.78, 5) is 24.4. The molecule has 2 unspecified atom stereocenters. The molecule has 0 bridgehead atoms. The first-order chi connectivity index (χ1) is 8.29. The van der Waals surface area contributed by atoms with Gasteiger partial charge < -0.3 is 15.3 Å². The van der Waals surface area contributed by atoms with Crippen molar-refractivity contribution in [2.24, 2.45) is 11.8 Å². The quantitative estimate of drug-likeness (QED) is 0.735. The molecule has 2 amide bonds. The lowest BCUT2D eigenvalue weighted by Gasteiger charge is -2.25. The molecule has 0 heterocycles. The summed E-state index contributed by atoms with van der Waals surface area (Å²) in [6.07, 6.45) is 1.45. The van der Waals surface area contributed by atoms with Crippen LogP contribution in [0.3, 0.4) is 0 Å². The summed E-state index contributed by atoms with van der Waals surface area (Å²) in [5.74, 6) is -1.07. The molecule has 0 fully saturated rings. The number of hydrogen-bond donors (Lipinski definition) is 2. The SMILES string of the molecule is CCC(C)N(C)C(=O)NCC(CC(C)C)C(=O)O. The van der Waals surface area contributed by atoms with Crippen molar-refractivity contribution in [3.05, 3.63) is 0 Å². The van der Waals surface area contributed by atoms with E-state index in [1.54, 1.807) is 11.9 Å². The molecular weight excluding hydrogens is 232 g/mol. The standard InChI is InChI=1S/C13H26N2O3/c1-6-10(4)15(5)13(18)14-8-11(12(16)17)7-9(2)3/h9-11H,6-8H2,1-5H3,(H,14,18)(H,16,17). The highest BCUT2D eigenvalue weighted by Crippen LogP contribution is 2.11. The molecule has 18 heavy (non-hydrogen) atoms. The number of urea groups is 1. The molecule has 5 heteroatoms. The van der Waals surface area contributed by atoms with Gasteiger partial charge in [0, 0.05) is 19.6 Å². The van der Waals surface area contributed by atoms with E-state index in [0.29, 0.717) is 12.3 Å². The van der Waals surface area contributed by atoms with E-state index in [4.69, 9.17) is 5.11 Å². The average Bonchev–Trinajstić information content (AvgIpc) is 2.31. The zero-order chi connectivity index (χ0) is 14.3. The van der Waals surface area contributed by atoms with Crippen molar-refractivity contribution in [1.82, 2.24) is 10.2 Å². The second kappa shape index (κ2) is 7.95. The van der Waals surface area contributed by atoms with Gasteiger partial charge in [0.2, 0.25) is 0 Å². The lowest BCUT2D eigenvalue weighted by molar-refractivity contribution is -0.142. The maximum absolute atomic E-state index is 11.8. The van der Waals surface area contributed by atoms with Gasteiger partial charge in [0.25, 0.3) is 0 Å². The molecule has 0 aliphatic carbocycles. The first-order valence-corrected chi connectivity index (χ1v) is 6.53. The first-order valence-electron chi connectivity index (χ1n) is 6.53. The van der Waals surface area contributed by atoms with Crippen LogP contribution in [0.2, 0.25) is 0 Å². The minimum Gasteiger partial charge on any atom is -0.481 e. The van der Waals surface area contributed by atoms with E-state index in [-0.39, 0.29) is 18.6 Å². The Hall–Kier alpha value is -1.26. The molecule has 0 aromatic rings. The van der Waals surface area contributed by atoms with Crippen molar-refractivity contribution in [1.29, 1.82) is 0 Å². The third kappa shape index (κ3) is 5.89. The molecular formula is C13H26N2O3. The van der Waals surface area contributed by atoms with E-state index in [1.807, 2.05) is 27.7 Å². The molecule has 106 valence electrons. The van der Waals surface area contributed by atoms with E-state index in [1.165, 1.54) is 0 Å². The van der Waals surface area contributed by atoms with E-state index in [2.05, 4.69) is 5.32 Å². The summed E-state index contributed by atoms with van der Waals surface area (Å²) in [5, 5.41) is 11.8. The number of nitrogens with one attached hydrogen (secondary N) is 1. The van der Waals surface area contributed by atoms with E-state index >= 15 is 0 Å². The molecule has 0 saturated heterocycles. The molecule has 0 aliphatic heterocycles. The Morgan fingerprint density at radius 2 is 1.83 bits per heavy atom. The molecule has 2 N–H and O–H groups in total. The average molecular weight is 258 g/mol. The number of hydrogen-bond acceptors (Lipinski definition) is 2. The number of rotatable bonds is 7. The molecule has 0 radical (unpaired) electrons. The Balaban J connectivity index is 4.27. The molecule has 0 saturated carbocycles. The minimum absolute atomic E-state index is 0.151. The van der Waals surface area contributed by atoms with Crippen LogP contribution in [0.1, 0.15) is 40.5 Å². The van der Waals surface area contributed by atoms with Gasteiger partial charge in [-0.05, 0) is 25.7 Å². The summed E-state index contributed by atoms with van der Waals surface area (Å²) in [6.45, 7) is 8.11. The minimum atomic E-state index is -0.852. The summed E-state index contributed by atoms with van der Waals surface area (Å²) >= 11 is 0. The number of carboxylic acid groups (broad SMARTS) is 1. The number of carbonyl (C=O) groups is 2. The summed E-state index contributed by atoms with van der Waals surface area (Å²) < 4.78 is 0. The predicted molar refractivity (Wildman–Crippen MR) is 71.5 cm³/mol. The Kier molecular flexibility index (Phi) is 7.39. The molecule has 5 nitrogen and oxygen atoms in total. The predicted octanol–water partition coefficient (Wildman–Crippen LogP) is 2.17. The van der Waals surface area contributed by atoms with Crippen LogP contribution in [-0.4, -0.2) is 41.6 Å². The largest absolute Gasteiger partial charge is 0.481 e. The highest BCUT2D eigenvalue weighted by molar-refractivity contribution is 5.76. The first kappa shape index (κ1) is 16.7. The van der Waals surface area contributed by atoms with Crippen molar-refractivity contribution >= 4 is 12.0 Å². The van der Waals surface area contributed by atoms with Crippen LogP contribution in [-0.2, 0) is 4.79 Å². The number of nitrogens with zero attached hydrogens (tertiary/aromatic N) is 1. The van der Waals surface area contributed by atoms with Gasteiger partial charge in [-0.15, -0.1) is 0 Å². The zero-order valence-corrected chi connectivity index (χ0v) is 12.1. The van der Waals surface area contributed by atoms with Crippen LogP contribution in [0.25, 0.3) is 0 Å². The Morgan fingerprint density at radius 1 is 1.28 bits per heavy atom. The Morgan fingerprint density at radius 3 is 2.22 bits per heavy atom. The molecule has 0 aliphatic rings. The Bertz CT molecular complexity index is 279. The molecule has 0 spiro atoms. The zero-order valence-electron chi connectivity index (χ0n) is 12.1. The van der Waals surface area contributed by atoms with Crippen LogP contribution >= 0.6 is 0 Å². The summed E-state index contributed by atoms with van der Waals surface area (Å²) in [5.41, 5.74) is 0. The van der Waals surface area contributed by atoms with Gasteiger partial charge in [-0.3, -0.25) is 4.79 Å². The third-order valence-electron chi connectivity index (χ3n) is 3.18. The van der Waals surface area contributed by atoms with Crippen molar-refractivity contribution in [3.8, 4) is 0 Å². The maximum atomic E-state index is 11.8. The van der Waals surface area contributed by atoms with Crippen LogP contribution in [0.5, 0.6) is 0 Å². The van der Waals surface area contributed by atoms with Gasteiger partial charge in [0.15, 0.2) is 0 Å². The van der Waals surface area contributed by atoms with Crippen LogP contribution in [0.4, 0.5) is 4.79 Å². The second-order valence-corrected chi connectivity index (χ2v) is 5.22. The lowest BCUT2D eigenvalue weighted by Crippen LogP contribution is -2.44. The van der Waals surface area contributed by atoms with Gasteiger partial charge in [-0.25, -0.2) is 4.79 Å². The second-order valence-electron chi connectivity index (χ2n) is 5.22. The lowest BCUT2D eigenvalue weighted by atomic mass is 9.97. The van der Waals surface area contributed by atoms with E-state index in [0.717, 1.165) is 6.42 Å². The fourth-order valence-electron chi connectivity index (χ4n) is 1.65. The fraction of sp³-hybridized carbons (Fsp3) is 0.846. The summed E-state index contributed by atoms with van der Waals surface area (Å²) in [6, 6.07) is -0.0577. The number of amides is 2. The molecule has 2 atom stereocenters. The van der Waals surface area contributed by atoms with Crippen molar-refractivity contribution in [3.63, 3.8) is 0 Å². The maximum Gasteiger partial charge on any atom is 0.317 e. The van der Waals surface area contributed by atoms with Crippen molar-refractivity contribution in [2.75, 3.05) is 13.6 Å². The van der Waals surface area contributed by atoms with Crippen LogP contribution in [0, 0.1) is 11.8 Å².